The van der Waals surface area contributed by atoms with E-state index in [1.165, 1.54) is 6.07 Å². The molecule has 20 heavy (non-hydrogen) atoms. The van der Waals surface area contributed by atoms with Gasteiger partial charge in [-0.1, -0.05) is 19.9 Å². The number of H-pyrrole nitrogens is 1. The van der Waals surface area contributed by atoms with Crippen LogP contribution in [0.1, 0.15) is 35.5 Å². The number of carboxylic acid groups (broad SMARTS) is 1. The number of hydrogen-bond acceptors (Lipinski definition) is 3. The Bertz CT molecular complexity index is 687. The van der Waals surface area contributed by atoms with Gasteiger partial charge >= 0.3 is 5.97 Å². The molecule has 0 aliphatic carbocycles. The first-order valence-electron chi connectivity index (χ1n) is 6.51. The van der Waals surface area contributed by atoms with Gasteiger partial charge in [-0.05, 0) is 30.5 Å². The van der Waals surface area contributed by atoms with Gasteiger partial charge in [0.05, 0.1) is 5.69 Å². The Hall–Kier alpha value is -2.43. The van der Waals surface area contributed by atoms with Crippen LogP contribution in [-0.2, 0) is 12.8 Å². The van der Waals surface area contributed by atoms with Crippen molar-refractivity contribution in [3.05, 3.63) is 51.6 Å². The van der Waals surface area contributed by atoms with E-state index < -0.39 is 11.5 Å². The van der Waals surface area contributed by atoms with Gasteiger partial charge in [0.25, 0.3) is 5.56 Å². The number of aromatic carboxylic acids is 1. The van der Waals surface area contributed by atoms with Crippen LogP contribution in [0.4, 0.5) is 0 Å². The zero-order chi connectivity index (χ0) is 14.7. The van der Waals surface area contributed by atoms with Crippen LogP contribution in [0.15, 0.2) is 29.2 Å². The monoisotopic (exact) mass is 272 g/mol. The highest BCUT2D eigenvalue weighted by atomic mass is 16.4. The fraction of sp³-hybridized carbons (Fsp3) is 0.267. The summed E-state index contributed by atoms with van der Waals surface area (Å²) in [5.74, 6) is -1.24. The highest BCUT2D eigenvalue weighted by molar-refractivity contribution is 5.88. The third-order valence-corrected chi connectivity index (χ3v) is 3.22. The Balaban J connectivity index is 2.61. The highest BCUT2D eigenvalue weighted by Gasteiger charge is 2.14. The van der Waals surface area contributed by atoms with Crippen molar-refractivity contribution in [2.75, 3.05) is 0 Å². The van der Waals surface area contributed by atoms with Gasteiger partial charge < -0.3 is 10.1 Å². The minimum Gasteiger partial charge on any atom is -0.477 e. The molecule has 0 saturated carbocycles. The summed E-state index contributed by atoms with van der Waals surface area (Å²) < 4.78 is 0. The van der Waals surface area contributed by atoms with Gasteiger partial charge in [0, 0.05) is 17.5 Å². The van der Waals surface area contributed by atoms with Crippen LogP contribution in [0.5, 0.6) is 0 Å². The first-order chi connectivity index (χ1) is 9.56. The molecule has 5 heteroatoms. The Morgan fingerprint density at radius 2 is 2.05 bits per heavy atom. The molecule has 0 aromatic carbocycles. The fourth-order valence-electron chi connectivity index (χ4n) is 2.03. The van der Waals surface area contributed by atoms with E-state index in [4.69, 9.17) is 5.11 Å². The number of rotatable bonds is 4. The predicted molar refractivity (Wildman–Crippen MR) is 76.0 cm³/mol. The number of aromatic amines is 1. The molecule has 0 aliphatic heterocycles. The summed E-state index contributed by atoms with van der Waals surface area (Å²) in [5.41, 5.74) is 2.28. The van der Waals surface area contributed by atoms with Gasteiger partial charge in [-0.15, -0.1) is 0 Å². The largest absolute Gasteiger partial charge is 0.477 e. The van der Waals surface area contributed by atoms with Gasteiger partial charge in [0.15, 0.2) is 0 Å². The lowest BCUT2D eigenvalue weighted by Crippen LogP contribution is -2.19. The molecule has 0 saturated heterocycles. The van der Waals surface area contributed by atoms with Crippen LogP contribution in [0.2, 0.25) is 0 Å². The maximum absolute atomic E-state index is 11.7. The van der Waals surface area contributed by atoms with Crippen LogP contribution < -0.4 is 5.56 Å². The summed E-state index contributed by atoms with van der Waals surface area (Å²) in [5, 5.41) is 9.04. The van der Waals surface area contributed by atoms with E-state index in [9.17, 15) is 9.59 Å². The minimum atomic E-state index is -1.24. The standard InChI is InChI=1S/C15H16N2O3/c1-3-9-5-6-13(16-8-9)10-7-11(15(19)20)14(18)17-12(10)4-2/h5-8H,3-4H2,1-2H3,(H,17,18)(H,19,20). The second-order valence-electron chi connectivity index (χ2n) is 4.47. The average molecular weight is 272 g/mol. The number of aryl methyl sites for hydroxylation is 2. The van der Waals surface area contributed by atoms with Crippen LogP contribution in [0.3, 0.4) is 0 Å². The lowest BCUT2D eigenvalue weighted by Gasteiger charge is -2.09. The van der Waals surface area contributed by atoms with Crippen molar-refractivity contribution in [3.63, 3.8) is 0 Å². The minimum absolute atomic E-state index is 0.265. The molecule has 2 aromatic heterocycles. The Labute approximate surface area is 116 Å². The smallest absolute Gasteiger partial charge is 0.341 e. The molecule has 0 atom stereocenters. The average Bonchev–Trinajstić information content (AvgIpc) is 2.46. The molecule has 0 radical (unpaired) electrons. The number of aromatic nitrogens is 2. The Morgan fingerprint density at radius 3 is 2.55 bits per heavy atom. The first kappa shape index (κ1) is 14.0. The summed E-state index contributed by atoms with van der Waals surface area (Å²) in [7, 11) is 0. The van der Waals surface area contributed by atoms with Crippen LogP contribution in [-0.4, -0.2) is 21.0 Å². The second-order valence-corrected chi connectivity index (χ2v) is 4.47. The zero-order valence-corrected chi connectivity index (χ0v) is 11.4. The fourth-order valence-corrected chi connectivity index (χ4v) is 2.03. The first-order valence-corrected chi connectivity index (χ1v) is 6.51. The van der Waals surface area contributed by atoms with E-state index in [0.29, 0.717) is 23.4 Å². The molecule has 2 N–H and O–H groups in total. The van der Waals surface area contributed by atoms with Crippen molar-refractivity contribution >= 4 is 5.97 Å². The lowest BCUT2D eigenvalue weighted by molar-refractivity contribution is 0.0695. The molecule has 0 aliphatic rings. The quantitative estimate of drug-likeness (QED) is 0.894. The zero-order valence-electron chi connectivity index (χ0n) is 11.4. The summed E-state index contributed by atoms with van der Waals surface area (Å²) in [4.78, 5) is 29.7. The maximum Gasteiger partial charge on any atom is 0.341 e. The van der Waals surface area contributed by atoms with Crippen LogP contribution in [0, 0.1) is 0 Å². The second kappa shape index (κ2) is 5.69. The molecule has 0 bridgehead atoms. The summed E-state index contributed by atoms with van der Waals surface area (Å²) >= 11 is 0. The van der Waals surface area contributed by atoms with E-state index in [2.05, 4.69) is 9.97 Å². The molecule has 104 valence electrons. The van der Waals surface area contributed by atoms with Gasteiger partial charge in [0.2, 0.25) is 0 Å². The van der Waals surface area contributed by atoms with E-state index in [0.717, 1.165) is 12.0 Å². The van der Waals surface area contributed by atoms with Crippen molar-refractivity contribution in [2.24, 2.45) is 0 Å². The molecular formula is C15H16N2O3. The maximum atomic E-state index is 11.7. The lowest BCUT2D eigenvalue weighted by atomic mass is 10.0. The number of carboxylic acids is 1. The van der Waals surface area contributed by atoms with Crippen molar-refractivity contribution < 1.29 is 9.90 Å². The van der Waals surface area contributed by atoms with Crippen molar-refractivity contribution in [2.45, 2.75) is 26.7 Å². The van der Waals surface area contributed by atoms with Gasteiger partial charge in [0.1, 0.15) is 5.56 Å². The number of nitrogens with zero attached hydrogens (tertiary/aromatic N) is 1. The van der Waals surface area contributed by atoms with E-state index in [1.807, 2.05) is 26.0 Å². The number of nitrogens with one attached hydrogen (secondary N) is 1. The van der Waals surface area contributed by atoms with Gasteiger partial charge in [-0.2, -0.15) is 0 Å². The SMILES string of the molecule is CCc1ccc(-c2cc(C(=O)O)c(=O)[nH]c2CC)nc1. The van der Waals surface area contributed by atoms with Crippen molar-refractivity contribution in [1.82, 2.24) is 9.97 Å². The molecule has 5 nitrogen and oxygen atoms in total. The van der Waals surface area contributed by atoms with Crippen molar-refractivity contribution in [1.29, 1.82) is 0 Å². The van der Waals surface area contributed by atoms with E-state index >= 15 is 0 Å². The molecule has 2 rings (SSSR count). The van der Waals surface area contributed by atoms with Crippen LogP contribution >= 0.6 is 0 Å². The third-order valence-electron chi connectivity index (χ3n) is 3.22. The summed E-state index contributed by atoms with van der Waals surface area (Å²) in [6.07, 6.45) is 3.25. The molecule has 2 heterocycles. The molecular weight excluding hydrogens is 256 g/mol. The molecule has 2 aromatic rings. The molecule has 0 fully saturated rings. The van der Waals surface area contributed by atoms with Gasteiger partial charge in [-0.25, -0.2) is 4.79 Å². The summed E-state index contributed by atoms with van der Waals surface area (Å²) in [6.45, 7) is 3.94. The van der Waals surface area contributed by atoms with Crippen LogP contribution in [0.25, 0.3) is 11.3 Å². The summed E-state index contributed by atoms with van der Waals surface area (Å²) in [6, 6.07) is 5.19. The number of hydrogen-bond donors (Lipinski definition) is 2. The predicted octanol–water partition coefficient (Wildman–Crippen LogP) is 2.26. The van der Waals surface area contributed by atoms with E-state index in [1.54, 1.807) is 6.20 Å². The third kappa shape index (κ3) is 2.61. The highest BCUT2D eigenvalue weighted by Crippen LogP contribution is 2.21. The van der Waals surface area contributed by atoms with E-state index in [-0.39, 0.29) is 5.56 Å². The molecule has 0 amide bonds. The van der Waals surface area contributed by atoms with Crippen molar-refractivity contribution in [3.8, 4) is 11.3 Å². The Kier molecular flexibility index (Phi) is 3.98. The number of carbonyl (C=O) groups is 1. The normalized spacial score (nSPS) is 10.5. The number of pyridine rings is 2. The van der Waals surface area contributed by atoms with Gasteiger partial charge in [-0.3, -0.25) is 9.78 Å². The molecule has 0 unspecified atom stereocenters. The Morgan fingerprint density at radius 1 is 1.30 bits per heavy atom. The molecule has 0 spiro atoms. The topological polar surface area (TPSA) is 83.0 Å².